The molecular weight excluding hydrogens is 238 g/mol. The molecule has 0 saturated carbocycles. The van der Waals surface area contributed by atoms with E-state index in [0.717, 1.165) is 23.4 Å². The molecule has 2 rings (SSSR count). The largest absolute Gasteiger partial charge is 0.494 e. The van der Waals surface area contributed by atoms with Crippen LogP contribution < -0.4 is 9.04 Å². The van der Waals surface area contributed by atoms with E-state index in [1.165, 1.54) is 4.31 Å². The van der Waals surface area contributed by atoms with Gasteiger partial charge in [-0.3, -0.25) is 4.31 Å². The average Bonchev–Trinajstić information content (AvgIpc) is 2.32. The van der Waals surface area contributed by atoms with E-state index in [9.17, 15) is 8.42 Å². The zero-order chi connectivity index (χ0) is 12.5. The first kappa shape index (κ1) is 12.2. The predicted octanol–water partition coefficient (Wildman–Crippen LogP) is 1.80. The van der Waals surface area contributed by atoms with Crippen molar-refractivity contribution in [2.45, 2.75) is 19.8 Å². The minimum atomic E-state index is -3.11. The molecule has 1 aliphatic rings. The monoisotopic (exact) mass is 255 g/mol. The van der Waals surface area contributed by atoms with Gasteiger partial charge in [-0.25, -0.2) is 8.42 Å². The maximum atomic E-state index is 11.7. The van der Waals surface area contributed by atoms with Crippen LogP contribution in [0, 0.1) is 0 Å². The molecule has 17 heavy (non-hydrogen) atoms. The summed E-state index contributed by atoms with van der Waals surface area (Å²) in [7, 11) is -1.52. The Balaban J connectivity index is 2.30. The van der Waals surface area contributed by atoms with Crippen LogP contribution in [0.3, 0.4) is 0 Å². The molecule has 0 N–H and O–H groups in total. The summed E-state index contributed by atoms with van der Waals surface area (Å²) < 4.78 is 30.3. The minimum Gasteiger partial charge on any atom is -0.494 e. The van der Waals surface area contributed by atoms with Crippen molar-refractivity contribution in [2.24, 2.45) is 0 Å². The lowest BCUT2D eigenvalue weighted by Crippen LogP contribution is -2.34. The fourth-order valence-electron chi connectivity index (χ4n) is 1.90. The van der Waals surface area contributed by atoms with Crippen LogP contribution in [0.1, 0.15) is 18.9 Å². The Hall–Kier alpha value is -1.23. The Morgan fingerprint density at radius 3 is 2.88 bits per heavy atom. The fraction of sp³-hybridized carbons (Fsp3) is 0.500. The van der Waals surface area contributed by atoms with Gasteiger partial charge in [0.1, 0.15) is 5.75 Å². The number of nitrogens with zero attached hydrogens (tertiary/aromatic N) is 1. The number of fused-ring (bicyclic) bond motifs is 1. The van der Waals surface area contributed by atoms with Crippen molar-refractivity contribution >= 4 is 15.7 Å². The molecule has 4 nitrogen and oxygen atoms in total. The minimum absolute atomic E-state index is 0.174. The van der Waals surface area contributed by atoms with Crippen LogP contribution in [-0.2, 0) is 16.4 Å². The topological polar surface area (TPSA) is 46.6 Å². The second-order valence-electron chi connectivity index (χ2n) is 4.17. The van der Waals surface area contributed by atoms with Crippen molar-refractivity contribution < 1.29 is 13.2 Å². The summed E-state index contributed by atoms with van der Waals surface area (Å²) in [6.45, 7) is 2.74. The number of rotatable bonds is 3. The van der Waals surface area contributed by atoms with E-state index in [1.54, 1.807) is 7.05 Å². The number of sulfonamides is 1. The lowest BCUT2D eigenvalue weighted by Gasteiger charge is -2.27. The second-order valence-corrected chi connectivity index (χ2v) is 6.29. The third-order valence-corrected chi connectivity index (χ3v) is 4.66. The number of ether oxygens (including phenoxy) is 1. The lowest BCUT2D eigenvalue weighted by molar-refractivity contribution is 0.317. The molecule has 1 aliphatic heterocycles. The van der Waals surface area contributed by atoms with Gasteiger partial charge in [0.25, 0.3) is 0 Å². The van der Waals surface area contributed by atoms with Crippen molar-refractivity contribution in [2.75, 3.05) is 23.7 Å². The van der Waals surface area contributed by atoms with E-state index in [2.05, 4.69) is 6.92 Å². The van der Waals surface area contributed by atoms with Gasteiger partial charge in [0.2, 0.25) is 10.0 Å². The molecule has 1 aromatic carbocycles. The Morgan fingerprint density at radius 1 is 1.41 bits per heavy atom. The molecule has 1 heterocycles. The molecular formula is C12H17NO3S. The zero-order valence-electron chi connectivity index (χ0n) is 10.1. The summed E-state index contributed by atoms with van der Waals surface area (Å²) in [6.07, 6.45) is 1.52. The Kier molecular flexibility index (Phi) is 3.28. The summed E-state index contributed by atoms with van der Waals surface area (Å²) in [5.74, 6) is 0.992. The first-order valence-corrected chi connectivity index (χ1v) is 7.38. The average molecular weight is 255 g/mol. The van der Waals surface area contributed by atoms with Crippen LogP contribution in [0.15, 0.2) is 18.2 Å². The highest BCUT2D eigenvalue weighted by molar-refractivity contribution is 7.92. The number of anilines is 1. The standard InChI is InChI=1S/C12H17NO3S/c1-3-7-16-11-4-5-12-10(9-11)6-8-17(14,15)13(12)2/h4-5,9H,3,6-8H2,1-2H3. The molecule has 0 saturated heterocycles. The Bertz CT molecular complexity index is 510. The van der Waals surface area contributed by atoms with Crippen LogP contribution in [0.4, 0.5) is 5.69 Å². The zero-order valence-corrected chi connectivity index (χ0v) is 11.0. The third kappa shape index (κ3) is 2.39. The van der Waals surface area contributed by atoms with Crippen molar-refractivity contribution in [3.8, 4) is 5.75 Å². The molecule has 0 fully saturated rings. The lowest BCUT2D eigenvalue weighted by atomic mass is 10.1. The maximum absolute atomic E-state index is 11.7. The van der Waals surface area contributed by atoms with Gasteiger partial charge in [-0.1, -0.05) is 6.92 Å². The van der Waals surface area contributed by atoms with Gasteiger partial charge in [-0.2, -0.15) is 0 Å². The molecule has 0 aromatic heterocycles. The Morgan fingerprint density at radius 2 is 2.18 bits per heavy atom. The number of aryl methyl sites for hydroxylation is 1. The van der Waals surface area contributed by atoms with Crippen LogP contribution in [0.5, 0.6) is 5.75 Å². The van der Waals surface area contributed by atoms with E-state index < -0.39 is 10.0 Å². The second kappa shape index (κ2) is 4.56. The van der Waals surface area contributed by atoms with Gasteiger partial charge < -0.3 is 4.74 Å². The highest BCUT2D eigenvalue weighted by Gasteiger charge is 2.26. The quantitative estimate of drug-likeness (QED) is 0.827. The summed E-state index contributed by atoms with van der Waals surface area (Å²) in [5.41, 5.74) is 1.80. The third-order valence-electron chi connectivity index (χ3n) is 2.91. The van der Waals surface area contributed by atoms with Crippen LogP contribution in [0.2, 0.25) is 0 Å². The van der Waals surface area contributed by atoms with Crippen LogP contribution in [-0.4, -0.2) is 27.8 Å². The summed E-state index contributed by atoms with van der Waals surface area (Å²) in [6, 6.07) is 5.58. The molecule has 0 amide bonds. The van der Waals surface area contributed by atoms with Crippen molar-refractivity contribution in [1.82, 2.24) is 0 Å². The van der Waals surface area contributed by atoms with E-state index >= 15 is 0 Å². The highest BCUT2D eigenvalue weighted by atomic mass is 32.2. The molecule has 0 atom stereocenters. The summed E-state index contributed by atoms with van der Waals surface area (Å²) in [5, 5.41) is 0. The van der Waals surface area contributed by atoms with Gasteiger partial charge in [-0.05, 0) is 36.6 Å². The number of hydrogen-bond donors (Lipinski definition) is 0. The molecule has 0 spiro atoms. The van der Waals surface area contributed by atoms with Crippen LogP contribution in [0.25, 0.3) is 0 Å². The first-order chi connectivity index (χ1) is 8.04. The smallest absolute Gasteiger partial charge is 0.235 e. The Labute approximate surface area is 102 Å². The van der Waals surface area contributed by atoms with Crippen molar-refractivity contribution in [3.63, 3.8) is 0 Å². The van der Waals surface area contributed by atoms with Gasteiger partial charge in [0.15, 0.2) is 0 Å². The van der Waals surface area contributed by atoms with Gasteiger partial charge >= 0.3 is 0 Å². The predicted molar refractivity (Wildman–Crippen MR) is 68.1 cm³/mol. The van der Waals surface area contributed by atoms with Gasteiger partial charge in [-0.15, -0.1) is 0 Å². The SMILES string of the molecule is CCCOc1ccc2c(c1)CCS(=O)(=O)N2C. The molecule has 5 heteroatoms. The van der Waals surface area contributed by atoms with E-state index in [4.69, 9.17) is 4.74 Å². The normalized spacial score (nSPS) is 17.6. The fourth-order valence-corrected chi connectivity index (χ4v) is 3.13. The van der Waals surface area contributed by atoms with Gasteiger partial charge in [0, 0.05) is 7.05 Å². The van der Waals surface area contributed by atoms with Crippen LogP contribution >= 0.6 is 0 Å². The molecule has 0 bridgehead atoms. The molecule has 94 valence electrons. The highest BCUT2D eigenvalue weighted by Crippen LogP contribution is 2.31. The van der Waals surface area contributed by atoms with E-state index in [1.807, 2.05) is 18.2 Å². The molecule has 0 unspecified atom stereocenters. The summed E-state index contributed by atoms with van der Waals surface area (Å²) >= 11 is 0. The molecule has 0 radical (unpaired) electrons. The van der Waals surface area contributed by atoms with Gasteiger partial charge in [0.05, 0.1) is 18.0 Å². The van der Waals surface area contributed by atoms with Crippen molar-refractivity contribution in [3.05, 3.63) is 23.8 Å². The molecule has 1 aromatic rings. The summed E-state index contributed by atoms with van der Waals surface area (Å²) in [4.78, 5) is 0. The first-order valence-electron chi connectivity index (χ1n) is 5.77. The van der Waals surface area contributed by atoms with E-state index in [0.29, 0.717) is 13.0 Å². The number of benzene rings is 1. The van der Waals surface area contributed by atoms with E-state index in [-0.39, 0.29) is 5.75 Å². The maximum Gasteiger partial charge on any atom is 0.235 e. The van der Waals surface area contributed by atoms with Crippen molar-refractivity contribution in [1.29, 1.82) is 0 Å². The molecule has 0 aliphatic carbocycles. The number of hydrogen-bond acceptors (Lipinski definition) is 3.